The van der Waals surface area contributed by atoms with Gasteiger partial charge in [0.1, 0.15) is 12.4 Å². The van der Waals surface area contributed by atoms with Gasteiger partial charge in [0.25, 0.3) is 0 Å². The number of ether oxygens (including phenoxy) is 1. The van der Waals surface area contributed by atoms with Crippen molar-refractivity contribution in [3.63, 3.8) is 0 Å². The van der Waals surface area contributed by atoms with Crippen LogP contribution in [0.1, 0.15) is 0 Å². The first-order chi connectivity index (χ1) is 3.85. The molecule has 0 saturated heterocycles. The first kappa shape index (κ1) is 7.30. The number of amidine groups is 1. The van der Waals surface area contributed by atoms with E-state index in [0.717, 1.165) is 0 Å². The Bertz CT molecular complexity index is 98.6. The molecule has 0 radical (unpaired) electrons. The Hall–Kier alpha value is -0.700. The summed E-state index contributed by atoms with van der Waals surface area (Å²) in [6.45, 7) is 3.73. The van der Waals surface area contributed by atoms with E-state index in [0.29, 0.717) is 12.4 Å². The fourth-order valence-corrected chi connectivity index (χ4v) is 0.310. The molecular weight excluding hydrogens is 104 g/mol. The summed E-state index contributed by atoms with van der Waals surface area (Å²) < 4.78 is 4.72. The van der Waals surface area contributed by atoms with E-state index in [2.05, 4.69) is 16.7 Å². The summed E-state index contributed by atoms with van der Waals surface area (Å²) in [7, 11) is 3.25. The first-order valence-electron chi connectivity index (χ1n) is 2.26. The highest BCUT2D eigenvalue weighted by Crippen LogP contribution is 1.77. The normalized spacial score (nSPS) is 11.5. The largest absolute Gasteiger partial charge is 0.377 e. The Labute approximate surface area is 49.1 Å². The summed E-state index contributed by atoms with van der Waals surface area (Å²) in [5, 5.41) is 0. The molecule has 8 heavy (non-hydrogen) atoms. The fourth-order valence-electron chi connectivity index (χ4n) is 0.310. The van der Waals surface area contributed by atoms with Crippen molar-refractivity contribution in [2.24, 2.45) is 9.98 Å². The van der Waals surface area contributed by atoms with Crippen LogP contribution in [0.5, 0.6) is 0 Å². The molecule has 0 aromatic rings. The lowest BCUT2D eigenvalue weighted by Gasteiger charge is -1.93. The lowest BCUT2D eigenvalue weighted by Crippen LogP contribution is -2.02. The summed E-state index contributed by atoms with van der Waals surface area (Å²) in [5.41, 5.74) is 0. The third-order valence-electron chi connectivity index (χ3n) is 0.714. The van der Waals surface area contributed by atoms with Crippen molar-refractivity contribution in [2.45, 2.75) is 0 Å². The minimum Gasteiger partial charge on any atom is -0.377 e. The lowest BCUT2D eigenvalue weighted by atomic mass is 10.6. The van der Waals surface area contributed by atoms with Gasteiger partial charge in [-0.1, -0.05) is 0 Å². The van der Waals surface area contributed by atoms with E-state index < -0.39 is 0 Å². The van der Waals surface area contributed by atoms with Crippen molar-refractivity contribution in [3.8, 4) is 0 Å². The van der Waals surface area contributed by atoms with Gasteiger partial charge >= 0.3 is 0 Å². The number of rotatable bonds is 2. The molecule has 0 aromatic heterocycles. The van der Waals surface area contributed by atoms with Gasteiger partial charge in [-0.25, -0.2) is 4.99 Å². The van der Waals surface area contributed by atoms with Crippen molar-refractivity contribution in [2.75, 3.05) is 20.8 Å². The number of hydrogen-bond acceptors (Lipinski definition) is 2. The molecule has 0 spiro atoms. The highest BCUT2D eigenvalue weighted by molar-refractivity contribution is 5.87. The van der Waals surface area contributed by atoms with Crippen LogP contribution >= 0.6 is 0 Å². The Morgan fingerprint density at radius 2 is 2.38 bits per heavy atom. The topological polar surface area (TPSA) is 34.0 Å². The van der Waals surface area contributed by atoms with E-state index in [1.54, 1.807) is 14.2 Å². The Morgan fingerprint density at radius 1 is 1.75 bits per heavy atom. The molecule has 0 amide bonds. The van der Waals surface area contributed by atoms with Crippen LogP contribution in [0.3, 0.4) is 0 Å². The van der Waals surface area contributed by atoms with Gasteiger partial charge in [-0.05, 0) is 6.72 Å². The molecule has 0 bridgehead atoms. The molecule has 0 fully saturated rings. The Morgan fingerprint density at radius 3 is 2.50 bits per heavy atom. The SMILES string of the molecule is C=NC(COC)=NC. The van der Waals surface area contributed by atoms with Crippen molar-refractivity contribution in [1.82, 2.24) is 0 Å². The molecule has 0 aliphatic carbocycles. The van der Waals surface area contributed by atoms with Crippen molar-refractivity contribution in [1.29, 1.82) is 0 Å². The second kappa shape index (κ2) is 4.46. The predicted octanol–water partition coefficient (Wildman–Crippen LogP) is 0.362. The van der Waals surface area contributed by atoms with Crippen molar-refractivity contribution in [3.05, 3.63) is 0 Å². The van der Waals surface area contributed by atoms with Crippen LogP contribution in [-0.4, -0.2) is 33.3 Å². The molecule has 3 heteroatoms. The van der Waals surface area contributed by atoms with Gasteiger partial charge in [-0.3, -0.25) is 4.99 Å². The molecule has 3 nitrogen and oxygen atoms in total. The van der Waals surface area contributed by atoms with E-state index in [4.69, 9.17) is 4.74 Å². The van der Waals surface area contributed by atoms with E-state index >= 15 is 0 Å². The van der Waals surface area contributed by atoms with Gasteiger partial charge < -0.3 is 4.74 Å². The third-order valence-corrected chi connectivity index (χ3v) is 0.714. The molecule has 0 heterocycles. The maximum atomic E-state index is 4.72. The van der Waals surface area contributed by atoms with Crippen LogP contribution < -0.4 is 0 Å². The highest BCUT2D eigenvalue weighted by atomic mass is 16.5. The van der Waals surface area contributed by atoms with Crippen LogP contribution in [0.15, 0.2) is 9.98 Å². The van der Waals surface area contributed by atoms with Gasteiger partial charge in [0.2, 0.25) is 0 Å². The number of methoxy groups -OCH3 is 1. The Balaban J connectivity index is 3.54. The summed E-state index contributed by atoms with van der Waals surface area (Å²) in [6, 6.07) is 0. The van der Waals surface area contributed by atoms with Crippen molar-refractivity contribution < 1.29 is 4.74 Å². The van der Waals surface area contributed by atoms with Crippen LogP contribution in [-0.2, 0) is 4.74 Å². The maximum absolute atomic E-state index is 4.72. The van der Waals surface area contributed by atoms with Gasteiger partial charge in [-0.15, -0.1) is 0 Å². The fraction of sp³-hybridized carbons (Fsp3) is 0.600. The van der Waals surface area contributed by atoms with Gasteiger partial charge in [0.15, 0.2) is 0 Å². The predicted molar refractivity (Wildman–Crippen MR) is 34.8 cm³/mol. The molecule has 0 atom stereocenters. The molecule has 0 unspecified atom stereocenters. The van der Waals surface area contributed by atoms with Gasteiger partial charge in [-0.2, -0.15) is 0 Å². The van der Waals surface area contributed by atoms with E-state index in [1.807, 2.05) is 0 Å². The minimum atomic E-state index is 0.444. The zero-order valence-corrected chi connectivity index (χ0v) is 5.22. The van der Waals surface area contributed by atoms with E-state index in [1.165, 1.54) is 0 Å². The number of nitrogens with zero attached hydrogens (tertiary/aromatic N) is 2. The van der Waals surface area contributed by atoms with Crippen LogP contribution in [0, 0.1) is 0 Å². The Kier molecular flexibility index (Phi) is 4.07. The molecule has 0 saturated carbocycles. The molecule has 0 aromatic carbocycles. The van der Waals surface area contributed by atoms with Crippen LogP contribution in [0.25, 0.3) is 0 Å². The third kappa shape index (κ3) is 2.47. The van der Waals surface area contributed by atoms with Crippen LogP contribution in [0.2, 0.25) is 0 Å². The highest BCUT2D eigenvalue weighted by Gasteiger charge is 1.87. The summed E-state index contributed by atoms with van der Waals surface area (Å²) in [4.78, 5) is 7.33. The molecule has 46 valence electrons. The van der Waals surface area contributed by atoms with Gasteiger partial charge in [0.05, 0.1) is 0 Å². The summed E-state index contributed by atoms with van der Waals surface area (Å²) in [5.74, 6) is 0.632. The second-order valence-electron chi connectivity index (χ2n) is 1.23. The molecule has 0 aliphatic heterocycles. The maximum Gasteiger partial charge on any atom is 0.148 e. The van der Waals surface area contributed by atoms with E-state index in [-0.39, 0.29) is 0 Å². The molecule has 0 aliphatic rings. The average molecular weight is 114 g/mol. The molecule has 0 N–H and O–H groups in total. The monoisotopic (exact) mass is 114 g/mol. The average Bonchev–Trinajstić information content (AvgIpc) is 1.83. The van der Waals surface area contributed by atoms with Crippen LogP contribution in [0.4, 0.5) is 0 Å². The molecular formula is C5H10N2O. The second-order valence-corrected chi connectivity index (χ2v) is 1.23. The summed E-state index contributed by atoms with van der Waals surface area (Å²) in [6.07, 6.45) is 0. The lowest BCUT2D eigenvalue weighted by molar-refractivity contribution is 0.244. The quantitative estimate of drug-likeness (QED) is 0.377. The standard InChI is InChI=1S/C5H10N2O/c1-6-5(7-2)4-8-3/h1,4H2,2-3H3. The van der Waals surface area contributed by atoms with Crippen molar-refractivity contribution >= 4 is 12.6 Å². The smallest absolute Gasteiger partial charge is 0.148 e. The zero-order valence-electron chi connectivity index (χ0n) is 5.22. The van der Waals surface area contributed by atoms with Gasteiger partial charge in [0, 0.05) is 14.2 Å². The number of aliphatic imine (C=N–C) groups is 2. The first-order valence-corrected chi connectivity index (χ1v) is 2.26. The molecule has 0 rings (SSSR count). The minimum absolute atomic E-state index is 0.444. The summed E-state index contributed by atoms with van der Waals surface area (Å²) >= 11 is 0. The van der Waals surface area contributed by atoms with E-state index in [9.17, 15) is 0 Å². The zero-order chi connectivity index (χ0) is 6.41. The number of hydrogen-bond donors (Lipinski definition) is 0.